The molecule has 158 valence electrons. The van der Waals surface area contributed by atoms with E-state index < -0.39 is 0 Å². The number of rotatable bonds is 10. The topological polar surface area (TPSA) is 27.7 Å². The predicted molar refractivity (Wildman–Crippen MR) is 119 cm³/mol. The Labute approximate surface area is 176 Å². The summed E-state index contributed by atoms with van der Waals surface area (Å²) in [5, 5.41) is 0. The molecular formula is C26H36O3. The zero-order chi connectivity index (χ0) is 20.5. The van der Waals surface area contributed by atoms with Gasteiger partial charge in [0.25, 0.3) is 0 Å². The zero-order valence-corrected chi connectivity index (χ0v) is 18.2. The molecule has 3 nitrogen and oxygen atoms in total. The molecule has 2 aromatic rings. The van der Waals surface area contributed by atoms with Gasteiger partial charge in [0.05, 0.1) is 6.61 Å². The second-order valence-corrected chi connectivity index (χ2v) is 8.19. The summed E-state index contributed by atoms with van der Waals surface area (Å²) in [7, 11) is 0. The van der Waals surface area contributed by atoms with Gasteiger partial charge in [-0.25, -0.2) is 0 Å². The van der Waals surface area contributed by atoms with Gasteiger partial charge in [0, 0.05) is 0 Å². The third-order valence-corrected chi connectivity index (χ3v) is 6.02. The summed E-state index contributed by atoms with van der Waals surface area (Å²) >= 11 is 0. The second-order valence-electron chi connectivity index (χ2n) is 8.19. The van der Waals surface area contributed by atoms with Gasteiger partial charge in [-0.15, -0.1) is 0 Å². The van der Waals surface area contributed by atoms with Crippen molar-refractivity contribution in [2.24, 2.45) is 0 Å². The zero-order valence-electron chi connectivity index (χ0n) is 18.2. The first-order chi connectivity index (χ1) is 14.2. The molecule has 1 aliphatic rings. The summed E-state index contributed by atoms with van der Waals surface area (Å²) in [5.41, 5.74) is 2.80. The van der Waals surface area contributed by atoms with Gasteiger partial charge >= 0.3 is 0 Å². The molecule has 3 rings (SSSR count). The molecule has 2 atom stereocenters. The molecule has 0 aromatic heterocycles. The monoisotopic (exact) mass is 396 g/mol. The van der Waals surface area contributed by atoms with Gasteiger partial charge in [0.1, 0.15) is 18.1 Å². The molecule has 0 N–H and O–H groups in total. The van der Waals surface area contributed by atoms with Gasteiger partial charge in [-0.2, -0.15) is 0 Å². The average molecular weight is 397 g/mol. The molecule has 0 radical (unpaired) electrons. The maximum absolute atomic E-state index is 5.84. The lowest BCUT2D eigenvalue weighted by atomic mass is 9.84. The fourth-order valence-corrected chi connectivity index (χ4v) is 3.98. The van der Waals surface area contributed by atoms with E-state index in [0.717, 1.165) is 23.8 Å². The van der Waals surface area contributed by atoms with Crippen LogP contribution in [0.4, 0.5) is 0 Å². The van der Waals surface area contributed by atoms with E-state index in [-0.39, 0.29) is 6.29 Å². The predicted octanol–water partition coefficient (Wildman–Crippen LogP) is 7.07. The SMILES string of the molecule is CCC(C)c1ccc(OC(C)OCCOc2ccc(C3CCCCC3)cc2)cc1. The molecule has 0 bridgehead atoms. The van der Waals surface area contributed by atoms with Crippen molar-refractivity contribution in [1.82, 2.24) is 0 Å². The van der Waals surface area contributed by atoms with E-state index in [0.29, 0.717) is 19.1 Å². The Morgan fingerprint density at radius 1 is 0.828 bits per heavy atom. The molecule has 2 unspecified atom stereocenters. The van der Waals surface area contributed by atoms with Crippen molar-refractivity contribution in [2.75, 3.05) is 13.2 Å². The molecule has 0 heterocycles. The van der Waals surface area contributed by atoms with E-state index in [9.17, 15) is 0 Å². The van der Waals surface area contributed by atoms with Crippen molar-refractivity contribution in [3.8, 4) is 11.5 Å². The smallest absolute Gasteiger partial charge is 0.197 e. The summed E-state index contributed by atoms with van der Waals surface area (Å²) in [6, 6.07) is 16.9. The van der Waals surface area contributed by atoms with Crippen LogP contribution in [-0.4, -0.2) is 19.5 Å². The average Bonchev–Trinajstić information content (AvgIpc) is 2.78. The Bertz CT molecular complexity index is 702. The van der Waals surface area contributed by atoms with Gasteiger partial charge in [0.15, 0.2) is 6.29 Å². The number of ether oxygens (including phenoxy) is 3. The maximum Gasteiger partial charge on any atom is 0.197 e. The van der Waals surface area contributed by atoms with Gasteiger partial charge in [-0.1, -0.05) is 57.4 Å². The lowest BCUT2D eigenvalue weighted by molar-refractivity contribution is -0.0739. The van der Waals surface area contributed by atoms with Crippen LogP contribution in [-0.2, 0) is 4.74 Å². The lowest BCUT2D eigenvalue weighted by Gasteiger charge is -2.22. The molecule has 1 aliphatic carbocycles. The Hall–Kier alpha value is -2.00. The van der Waals surface area contributed by atoms with Gasteiger partial charge in [0.2, 0.25) is 0 Å². The van der Waals surface area contributed by atoms with Gasteiger partial charge < -0.3 is 14.2 Å². The summed E-state index contributed by atoms with van der Waals surface area (Å²) in [5.74, 6) is 3.05. The summed E-state index contributed by atoms with van der Waals surface area (Å²) in [6.07, 6.45) is 7.61. The van der Waals surface area contributed by atoms with Crippen molar-refractivity contribution in [2.45, 2.75) is 77.4 Å². The number of hydrogen-bond acceptors (Lipinski definition) is 3. The highest BCUT2D eigenvalue weighted by Gasteiger charge is 2.15. The number of hydrogen-bond donors (Lipinski definition) is 0. The van der Waals surface area contributed by atoms with Crippen LogP contribution in [0.3, 0.4) is 0 Å². The van der Waals surface area contributed by atoms with Crippen LogP contribution < -0.4 is 9.47 Å². The van der Waals surface area contributed by atoms with Crippen LogP contribution in [0.1, 0.15) is 82.3 Å². The first-order valence-corrected chi connectivity index (χ1v) is 11.3. The molecule has 3 heteroatoms. The van der Waals surface area contributed by atoms with Crippen LogP contribution in [0.5, 0.6) is 11.5 Å². The van der Waals surface area contributed by atoms with Crippen LogP contribution >= 0.6 is 0 Å². The van der Waals surface area contributed by atoms with Gasteiger partial charge in [-0.3, -0.25) is 0 Å². The van der Waals surface area contributed by atoms with Crippen LogP contribution in [0.15, 0.2) is 48.5 Å². The normalized spacial score (nSPS) is 16.9. The summed E-state index contributed by atoms with van der Waals surface area (Å²) in [4.78, 5) is 0. The van der Waals surface area contributed by atoms with E-state index in [1.54, 1.807) is 0 Å². The minimum Gasteiger partial charge on any atom is -0.491 e. The van der Waals surface area contributed by atoms with E-state index in [4.69, 9.17) is 14.2 Å². The van der Waals surface area contributed by atoms with E-state index in [1.807, 2.05) is 19.1 Å². The van der Waals surface area contributed by atoms with Gasteiger partial charge in [-0.05, 0) is 73.4 Å². The fraction of sp³-hybridized carbons (Fsp3) is 0.538. The Morgan fingerprint density at radius 3 is 2.14 bits per heavy atom. The van der Waals surface area contributed by atoms with Crippen LogP contribution in [0, 0.1) is 0 Å². The third-order valence-electron chi connectivity index (χ3n) is 6.02. The molecule has 2 aromatic carbocycles. The highest BCUT2D eigenvalue weighted by Crippen LogP contribution is 2.33. The molecular weight excluding hydrogens is 360 g/mol. The molecule has 0 spiro atoms. The fourth-order valence-electron chi connectivity index (χ4n) is 3.98. The van der Waals surface area contributed by atoms with Crippen molar-refractivity contribution in [3.05, 3.63) is 59.7 Å². The molecule has 1 saturated carbocycles. The Balaban J connectivity index is 1.35. The summed E-state index contributed by atoms with van der Waals surface area (Å²) in [6.45, 7) is 7.38. The minimum absolute atomic E-state index is 0.304. The van der Waals surface area contributed by atoms with Crippen molar-refractivity contribution in [3.63, 3.8) is 0 Å². The van der Waals surface area contributed by atoms with Crippen molar-refractivity contribution >= 4 is 0 Å². The third kappa shape index (κ3) is 6.78. The van der Waals surface area contributed by atoms with E-state index in [1.165, 1.54) is 43.2 Å². The largest absolute Gasteiger partial charge is 0.491 e. The van der Waals surface area contributed by atoms with E-state index >= 15 is 0 Å². The quantitative estimate of drug-likeness (QED) is 0.317. The highest BCUT2D eigenvalue weighted by molar-refractivity contribution is 5.30. The maximum atomic E-state index is 5.84. The molecule has 0 amide bonds. The van der Waals surface area contributed by atoms with Crippen molar-refractivity contribution < 1.29 is 14.2 Å². The first kappa shape index (κ1) is 21.7. The highest BCUT2D eigenvalue weighted by atomic mass is 16.7. The van der Waals surface area contributed by atoms with Crippen LogP contribution in [0.2, 0.25) is 0 Å². The molecule has 0 aliphatic heterocycles. The Kier molecular flexibility index (Phi) is 8.42. The standard InChI is InChI=1S/C26H36O3/c1-4-20(2)22-10-16-26(17-11-22)29-21(3)27-18-19-28-25-14-12-24(13-15-25)23-8-6-5-7-9-23/h10-17,20-21,23H,4-9,18-19H2,1-3H3. The first-order valence-electron chi connectivity index (χ1n) is 11.3. The van der Waals surface area contributed by atoms with Crippen LogP contribution in [0.25, 0.3) is 0 Å². The number of benzene rings is 2. The molecule has 0 saturated heterocycles. The Morgan fingerprint density at radius 2 is 1.48 bits per heavy atom. The minimum atomic E-state index is -0.304. The van der Waals surface area contributed by atoms with E-state index in [2.05, 4.69) is 50.2 Å². The molecule has 29 heavy (non-hydrogen) atoms. The second kappa shape index (κ2) is 11.3. The molecule has 1 fully saturated rings. The lowest BCUT2D eigenvalue weighted by Crippen LogP contribution is -2.19. The summed E-state index contributed by atoms with van der Waals surface area (Å²) < 4.78 is 17.4. The van der Waals surface area contributed by atoms with Crippen molar-refractivity contribution in [1.29, 1.82) is 0 Å².